The minimum atomic E-state index is 0.795. The monoisotopic (exact) mass is 686 g/mol. The second-order valence-corrected chi connectivity index (χ2v) is 14.3. The average molecular weight is 687 g/mol. The zero-order chi connectivity index (χ0) is 35.3. The van der Waals surface area contributed by atoms with E-state index in [1.165, 1.54) is 65.7 Å². The molecule has 0 unspecified atom stereocenters. The van der Waals surface area contributed by atoms with E-state index < -0.39 is 0 Å². The van der Waals surface area contributed by atoms with Crippen LogP contribution in [0.4, 0.5) is 0 Å². The molecule has 0 amide bonds. The third kappa shape index (κ3) is 4.17. The van der Waals surface area contributed by atoms with Crippen LogP contribution in [0.25, 0.3) is 120 Å². The molecular formula is C52H30O2. The zero-order valence-electron chi connectivity index (χ0n) is 29.1. The second-order valence-electron chi connectivity index (χ2n) is 14.3. The molecule has 250 valence electrons. The molecule has 0 aliphatic heterocycles. The van der Waals surface area contributed by atoms with Crippen LogP contribution in [0.2, 0.25) is 0 Å². The maximum atomic E-state index is 6.72. The van der Waals surface area contributed by atoms with Gasteiger partial charge in [0.1, 0.15) is 11.2 Å². The molecule has 12 aromatic rings. The van der Waals surface area contributed by atoms with E-state index in [1.807, 2.05) is 12.1 Å². The fraction of sp³-hybridized carbons (Fsp3) is 0. The van der Waals surface area contributed by atoms with Gasteiger partial charge in [-0.05, 0) is 107 Å². The van der Waals surface area contributed by atoms with Crippen LogP contribution in [0.15, 0.2) is 191 Å². The predicted molar refractivity (Wildman–Crippen MR) is 227 cm³/mol. The van der Waals surface area contributed by atoms with Gasteiger partial charge in [-0.1, -0.05) is 146 Å². The number of benzene rings is 10. The maximum absolute atomic E-state index is 6.72. The summed E-state index contributed by atoms with van der Waals surface area (Å²) in [6.45, 7) is 0. The first kappa shape index (κ1) is 29.4. The molecule has 54 heavy (non-hydrogen) atoms. The third-order valence-electron chi connectivity index (χ3n) is 11.4. The predicted octanol–water partition coefficient (Wildman–Crippen LogP) is 15.1. The van der Waals surface area contributed by atoms with Crippen LogP contribution in [-0.2, 0) is 0 Å². The Morgan fingerprint density at radius 3 is 1.43 bits per heavy atom. The van der Waals surface area contributed by atoms with Crippen LogP contribution in [0.5, 0.6) is 0 Å². The van der Waals surface area contributed by atoms with Crippen molar-refractivity contribution in [1.82, 2.24) is 0 Å². The first-order valence-corrected chi connectivity index (χ1v) is 18.5. The number of fused-ring (bicyclic) bond motifs is 12. The molecule has 0 fully saturated rings. The number of hydrogen-bond donors (Lipinski definition) is 0. The number of hydrogen-bond acceptors (Lipinski definition) is 2. The Morgan fingerprint density at radius 2 is 0.741 bits per heavy atom. The van der Waals surface area contributed by atoms with E-state index in [-0.39, 0.29) is 0 Å². The molecule has 10 aromatic carbocycles. The van der Waals surface area contributed by atoms with Crippen molar-refractivity contribution in [1.29, 1.82) is 0 Å². The van der Waals surface area contributed by atoms with Gasteiger partial charge in [-0.15, -0.1) is 0 Å². The van der Waals surface area contributed by atoms with Crippen molar-refractivity contribution < 1.29 is 8.83 Å². The van der Waals surface area contributed by atoms with E-state index in [0.717, 1.165) is 54.6 Å². The van der Waals surface area contributed by atoms with Gasteiger partial charge in [0.05, 0.1) is 0 Å². The highest BCUT2D eigenvalue weighted by Gasteiger charge is 2.20. The fourth-order valence-corrected chi connectivity index (χ4v) is 9.00. The lowest BCUT2D eigenvalue weighted by Gasteiger charge is -2.18. The highest BCUT2D eigenvalue weighted by molar-refractivity contribution is 6.25. The Bertz CT molecular complexity index is 3430. The first-order chi connectivity index (χ1) is 26.8. The molecular weight excluding hydrogens is 657 g/mol. The Labute approximate surface area is 310 Å². The molecule has 0 N–H and O–H groups in total. The normalized spacial score (nSPS) is 12.1. The topological polar surface area (TPSA) is 26.3 Å². The van der Waals surface area contributed by atoms with E-state index in [0.29, 0.717) is 0 Å². The lowest BCUT2D eigenvalue weighted by atomic mass is 9.85. The Morgan fingerprint density at radius 1 is 0.259 bits per heavy atom. The van der Waals surface area contributed by atoms with Crippen molar-refractivity contribution in [2.24, 2.45) is 0 Å². The van der Waals surface area contributed by atoms with Gasteiger partial charge in [0.25, 0.3) is 0 Å². The highest BCUT2D eigenvalue weighted by Crippen LogP contribution is 2.46. The molecule has 2 heteroatoms. The van der Waals surface area contributed by atoms with Gasteiger partial charge in [-0.3, -0.25) is 0 Å². The molecule has 0 bridgehead atoms. The third-order valence-corrected chi connectivity index (χ3v) is 11.4. The van der Waals surface area contributed by atoms with Crippen LogP contribution in [-0.4, -0.2) is 0 Å². The summed E-state index contributed by atoms with van der Waals surface area (Å²) in [4.78, 5) is 0. The quantitative estimate of drug-likeness (QED) is 0.173. The number of para-hydroxylation sites is 1. The van der Waals surface area contributed by atoms with Crippen molar-refractivity contribution in [2.75, 3.05) is 0 Å². The Hall–Kier alpha value is -7.16. The summed E-state index contributed by atoms with van der Waals surface area (Å²) in [6.07, 6.45) is 0. The average Bonchev–Trinajstić information content (AvgIpc) is 3.81. The lowest BCUT2D eigenvalue weighted by Crippen LogP contribution is -1.91. The van der Waals surface area contributed by atoms with Gasteiger partial charge in [0.2, 0.25) is 0 Å². The van der Waals surface area contributed by atoms with E-state index in [1.54, 1.807) is 0 Å². The van der Waals surface area contributed by atoms with Crippen molar-refractivity contribution in [3.63, 3.8) is 0 Å². The van der Waals surface area contributed by atoms with Gasteiger partial charge in [-0.25, -0.2) is 0 Å². The van der Waals surface area contributed by atoms with Crippen molar-refractivity contribution in [3.8, 4) is 33.4 Å². The molecule has 0 spiro atoms. The summed E-state index contributed by atoms with van der Waals surface area (Å²) in [7, 11) is 0. The SMILES string of the molecule is c1ccc(-c2c3ccccc3c(-c3ccc4cc(-c5cc6c7ccc8c9ccccc9oc8c7oc6c6ccccc56)ccc4c3)c3ccccc23)cc1. The van der Waals surface area contributed by atoms with E-state index in [9.17, 15) is 0 Å². The van der Waals surface area contributed by atoms with Crippen LogP contribution in [0, 0.1) is 0 Å². The Balaban J connectivity index is 1.04. The molecule has 2 nitrogen and oxygen atoms in total. The number of rotatable bonds is 3. The molecule has 2 heterocycles. The van der Waals surface area contributed by atoms with Crippen molar-refractivity contribution in [2.45, 2.75) is 0 Å². The minimum Gasteiger partial charge on any atom is -0.452 e. The Kier molecular flexibility index (Phi) is 6.09. The molecule has 0 saturated carbocycles. The standard InChI is InChI=1S/C52H30O2/c1-2-12-31(13-3-1)48-38-16-5-7-18-40(38)49(41-19-8-6-17-39(41)48)35-25-23-32-28-34(24-22-33(32)29-35)45-30-46-44-27-26-43-37-15-10-11-21-47(37)53-51(43)52(44)54-50(46)42-20-9-4-14-36(42)45/h1-30H. The molecule has 0 aliphatic carbocycles. The molecule has 0 saturated heterocycles. The van der Waals surface area contributed by atoms with Crippen LogP contribution >= 0.6 is 0 Å². The van der Waals surface area contributed by atoms with Gasteiger partial charge in [0, 0.05) is 26.9 Å². The van der Waals surface area contributed by atoms with Gasteiger partial charge in [0.15, 0.2) is 11.2 Å². The van der Waals surface area contributed by atoms with Gasteiger partial charge >= 0.3 is 0 Å². The molecule has 0 atom stereocenters. The second kappa shape index (κ2) is 11.2. The zero-order valence-corrected chi connectivity index (χ0v) is 29.1. The highest BCUT2D eigenvalue weighted by atomic mass is 16.4. The minimum absolute atomic E-state index is 0.795. The van der Waals surface area contributed by atoms with Crippen molar-refractivity contribution >= 4 is 87.0 Å². The maximum Gasteiger partial charge on any atom is 0.178 e. The molecule has 2 aromatic heterocycles. The smallest absolute Gasteiger partial charge is 0.178 e. The van der Waals surface area contributed by atoms with Crippen molar-refractivity contribution in [3.05, 3.63) is 182 Å². The largest absolute Gasteiger partial charge is 0.452 e. The van der Waals surface area contributed by atoms with E-state index in [4.69, 9.17) is 8.83 Å². The van der Waals surface area contributed by atoms with Crippen LogP contribution in [0.3, 0.4) is 0 Å². The fourth-order valence-electron chi connectivity index (χ4n) is 9.00. The number of furan rings is 2. The summed E-state index contributed by atoms with van der Waals surface area (Å²) < 4.78 is 13.1. The summed E-state index contributed by atoms with van der Waals surface area (Å²) in [6, 6.07) is 65.8. The van der Waals surface area contributed by atoms with E-state index in [2.05, 4.69) is 170 Å². The molecule has 0 radical (unpaired) electrons. The summed E-state index contributed by atoms with van der Waals surface area (Å²) in [5.74, 6) is 0. The summed E-state index contributed by atoms with van der Waals surface area (Å²) in [5.41, 5.74) is 10.7. The first-order valence-electron chi connectivity index (χ1n) is 18.5. The van der Waals surface area contributed by atoms with Crippen LogP contribution < -0.4 is 0 Å². The van der Waals surface area contributed by atoms with Gasteiger partial charge < -0.3 is 8.83 Å². The van der Waals surface area contributed by atoms with Gasteiger partial charge in [-0.2, -0.15) is 0 Å². The summed E-state index contributed by atoms with van der Waals surface area (Å²) in [5, 5.41) is 14.1. The van der Waals surface area contributed by atoms with Crippen LogP contribution in [0.1, 0.15) is 0 Å². The molecule has 0 aliphatic rings. The summed E-state index contributed by atoms with van der Waals surface area (Å²) >= 11 is 0. The lowest BCUT2D eigenvalue weighted by molar-refractivity contribution is 0.635. The molecule has 12 rings (SSSR count). The van der Waals surface area contributed by atoms with E-state index >= 15 is 0 Å².